The zero-order chi connectivity index (χ0) is 19.9. The molecule has 2 fully saturated rings. The number of amidine groups is 1. The molecule has 7 heteroatoms. The molecule has 152 valence electrons. The van der Waals surface area contributed by atoms with Crippen molar-refractivity contribution >= 4 is 27.2 Å². The highest BCUT2D eigenvalue weighted by atomic mass is 32.2. The van der Waals surface area contributed by atoms with Gasteiger partial charge in [0.15, 0.2) is 0 Å². The van der Waals surface area contributed by atoms with Crippen LogP contribution in [0.15, 0.2) is 59.6 Å². The van der Waals surface area contributed by atoms with Crippen LogP contribution in [-0.2, 0) is 16.6 Å². The number of hydrogen-bond donors (Lipinski definition) is 2. The van der Waals surface area contributed by atoms with Crippen LogP contribution in [0.2, 0.25) is 0 Å². The van der Waals surface area contributed by atoms with Gasteiger partial charge in [0.2, 0.25) is 10.0 Å². The Morgan fingerprint density at radius 2 is 1.76 bits per heavy atom. The predicted octanol–water partition coefficient (Wildman–Crippen LogP) is 3.45. The van der Waals surface area contributed by atoms with E-state index in [2.05, 4.69) is 22.8 Å². The van der Waals surface area contributed by atoms with E-state index >= 15 is 0 Å². The third kappa shape index (κ3) is 3.53. The molecule has 1 saturated carbocycles. The maximum absolute atomic E-state index is 12.9. The Bertz CT molecular complexity index is 1030. The molecule has 0 radical (unpaired) electrons. The predicted molar refractivity (Wildman–Crippen MR) is 117 cm³/mol. The van der Waals surface area contributed by atoms with E-state index in [0.29, 0.717) is 19.6 Å². The molecule has 0 bridgehead atoms. The Morgan fingerprint density at radius 1 is 1.03 bits per heavy atom. The number of fused-ring (bicyclic) bond motifs is 1. The van der Waals surface area contributed by atoms with E-state index in [1.54, 1.807) is 4.31 Å². The van der Waals surface area contributed by atoms with Crippen LogP contribution in [0.3, 0.4) is 0 Å². The average Bonchev–Trinajstić information content (AvgIpc) is 3.59. The van der Waals surface area contributed by atoms with Crippen molar-refractivity contribution in [3.63, 3.8) is 0 Å². The number of anilines is 2. The molecule has 2 N–H and O–H groups in total. The number of rotatable bonds is 4. The van der Waals surface area contributed by atoms with Crippen LogP contribution in [0.4, 0.5) is 11.4 Å². The lowest BCUT2D eigenvalue weighted by atomic mass is 9.86. The van der Waals surface area contributed by atoms with E-state index in [4.69, 9.17) is 4.99 Å². The van der Waals surface area contributed by atoms with Crippen LogP contribution < -0.4 is 10.6 Å². The molecule has 6 nitrogen and oxygen atoms in total. The molecule has 1 saturated heterocycles. The van der Waals surface area contributed by atoms with Crippen molar-refractivity contribution in [3.05, 3.63) is 60.2 Å². The highest BCUT2D eigenvalue weighted by Gasteiger charge is 2.49. The first-order valence-corrected chi connectivity index (χ1v) is 11.8. The fraction of sp³-hybridized carbons (Fsp3) is 0.409. The van der Waals surface area contributed by atoms with E-state index in [0.717, 1.165) is 48.5 Å². The Hall–Kier alpha value is -2.38. The van der Waals surface area contributed by atoms with E-state index < -0.39 is 15.6 Å². The van der Waals surface area contributed by atoms with Crippen LogP contribution in [0.5, 0.6) is 0 Å². The second-order valence-electron chi connectivity index (χ2n) is 8.21. The number of para-hydroxylation sites is 2. The van der Waals surface area contributed by atoms with Crippen molar-refractivity contribution < 1.29 is 8.42 Å². The average molecular weight is 411 g/mol. The highest BCUT2D eigenvalue weighted by Crippen LogP contribution is 2.39. The molecule has 2 aliphatic heterocycles. The molecular formula is C22H26N4O2S. The Morgan fingerprint density at radius 3 is 2.52 bits per heavy atom. The topological polar surface area (TPSA) is 73.8 Å². The van der Waals surface area contributed by atoms with Gasteiger partial charge in [-0.15, -0.1) is 0 Å². The SMILES string of the molecule is O=S(=O)(C1CC1)N1CCC[C@]2(C1)Nc1ccccc1NC2=NCc1ccccc1. The molecule has 2 aromatic carbocycles. The molecule has 2 aromatic rings. The van der Waals surface area contributed by atoms with Crippen molar-refractivity contribution in [1.29, 1.82) is 0 Å². The van der Waals surface area contributed by atoms with Crippen LogP contribution in [0.25, 0.3) is 0 Å². The molecule has 0 amide bonds. The largest absolute Gasteiger partial charge is 0.370 e. The normalized spacial score (nSPS) is 26.0. The van der Waals surface area contributed by atoms with Gasteiger partial charge in [0.25, 0.3) is 0 Å². The van der Waals surface area contributed by atoms with Crippen molar-refractivity contribution in [1.82, 2.24) is 4.31 Å². The first kappa shape index (κ1) is 18.6. The van der Waals surface area contributed by atoms with Gasteiger partial charge in [-0.05, 0) is 43.4 Å². The number of piperidine rings is 1. The first-order chi connectivity index (χ1) is 14.1. The molecule has 0 unspecified atom stereocenters. The summed E-state index contributed by atoms with van der Waals surface area (Å²) in [7, 11) is -3.22. The van der Waals surface area contributed by atoms with Gasteiger partial charge in [-0.2, -0.15) is 4.31 Å². The smallest absolute Gasteiger partial charge is 0.217 e. The Kier molecular flexibility index (Phi) is 4.59. The maximum atomic E-state index is 12.9. The lowest BCUT2D eigenvalue weighted by Gasteiger charge is -2.47. The molecule has 1 spiro atoms. The van der Waals surface area contributed by atoms with Gasteiger partial charge in [-0.25, -0.2) is 8.42 Å². The van der Waals surface area contributed by atoms with Gasteiger partial charge in [-0.1, -0.05) is 42.5 Å². The number of benzene rings is 2. The molecule has 5 rings (SSSR count). The second-order valence-corrected chi connectivity index (χ2v) is 10.4. The minimum atomic E-state index is -3.22. The van der Waals surface area contributed by atoms with Gasteiger partial charge >= 0.3 is 0 Å². The van der Waals surface area contributed by atoms with E-state index in [9.17, 15) is 8.42 Å². The number of aliphatic imine (C=N–C) groups is 1. The zero-order valence-electron chi connectivity index (χ0n) is 16.3. The van der Waals surface area contributed by atoms with Crippen LogP contribution in [0.1, 0.15) is 31.2 Å². The molecule has 1 atom stereocenters. The lowest BCUT2D eigenvalue weighted by molar-refractivity contribution is 0.293. The van der Waals surface area contributed by atoms with Gasteiger partial charge in [-0.3, -0.25) is 4.99 Å². The summed E-state index contributed by atoms with van der Waals surface area (Å²) in [6, 6.07) is 18.2. The first-order valence-electron chi connectivity index (χ1n) is 10.3. The van der Waals surface area contributed by atoms with Gasteiger partial charge < -0.3 is 10.6 Å². The molecule has 1 aliphatic carbocycles. The maximum Gasteiger partial charge on any atom is 0.217 e. The molecule has 3 aliphatic rings. The van der Waals surface area contributed by atoms with Gasteiger partial charge in [0.05, 0.1) is 23.2 Å². The Labute approximate surface area is 172 Å². The lowest BCUT2D eigenvalue weighted by Crippen LogP contribution is -2.62. The summed E-state index contributed by atoms with van der Waals surface area (Å²) < 4.78 is 27.6. The summed E-state index contributed by atoms with van der Waals surface area (Å²) in [5.41, 5.74) is 2.58. The molecule has 29 heavy (non-hydrogen) atoms. The number of nitrogens with zero attached hydrogens (tertiary/aromatic N) is 2. The summed E-state index contributed by atoms with van der Waals surface area (Å²) in [6.07, 6.45) is 3.23. The summed E-state index contributed by atoms with van der Waals surface area (Å²) in [5, 5.41) is 6.98. The van der Waals surface area contributed by atoms with Gasteiger partial charge in [0, 0.05) is 13.1 Å². The summed E-state index contributed by atoms with van der Waals surface area (Å²) in [6.45, 7) is 1.57. The summed E-state index contributed by atoms with van der Waals surface area (Å²) >= 11 is 0. The molecule has 0 aromatic heterocycles. The van der Waals surface area contributed by atoms with E-state index in [1.807, 2.05) is 42.5 Å². The van der Waals surface area contributed by atoms with Crippen LogP contribution in [0, 0.1) is 0 Å². The third-order valence-corrected chi connectivity index (χ3v) is 8.38. The standard InChI is InChI=1S/C22H26N4O2S/c27-29(28,18-11-12-18)26-14-6-13-22(16-26)21(23-15-17-7-2-1-3-8-17)24-19-9-4-5-10-20(19)25-22/h1-5,7-10,18,25H,6,11-16H2,(H,23,24)/t22-/m1/s1. The monoisotopic (exact) mass is 410 g/mol. The minimum Gasteiger partial charge on any atom is -0.370 e. The second kappa shape index (κ2) is 7.15. The zero-order valence-corrected chi connectivity index (χ0v) is 17.2. The number of sulfonamides is 1. The summed E-state index contributed by atoms with van der Waals surface area (Å²) in [4.78, 5) is 4.93. The van der Waals surface area contributed by atoms with Crippen LogP contribution >= 0.6 is 0 Å². The quantitative estimate of drug-likeness (QED) is 0.810. The minimum absolute atomic E-state index is 0.189. The third-order valence-electron chi connectivity index (χ3n) is 6.03. The fourth-order valence-corrected chi connectivity index (χ4v) is 6.25. The van der Waals surface area contributed by atoms with E-state index in [1.165, 1.54) is 0 Å². The van der Waals surface area contributed by atoms with Crippen molar-refractivity contribution in [3.8, 4) is 0 Å². The van der Waals surface area contributed by atoms with E-state index in [-0.39, 0.29) is 5.25 Å². The number of nitrogens with one attached hydrogen (secondary N) is 2. The van der Waals surface area contributed by atoms with Crippen molar-refractivity contribution in [2.75, 3.05) is 23.7 Å². The summed E-state index contributed by atoms with van der Waals surface area (Å²) in [5.74, 6) is 0.829. The van der Waals surface area contributed by atoms with Crippen molar-refractivity contribution in [2.45, 2.75) is 43.0 Å². The van der Waals surface area contributed by atoms with Crippen LogP contribution in [-0.4, -0.2) is 42.4 Å². The van der Waals surface area contributed by atoms with Gasteiger partial charge in [0.1, 0.15) is 11.4 Å². The number of hydrogen-bond acceptors (Lipinski definition) is 4. The molecular weight excluding hydrogens is 384 g/mol. The molecule has 2 heterocycles. The Balaban J connectivity index is 1.50. The fourth-order valence-electron chi connectivity index (χ4n) is 4.32. The van der Waals surface area contributed by atoms with Crippen molar-refractivity contribution in [2.24, 2.45) is 4.99 Å². The highest BCUT2D eigenvalue weighted by molar-refractivity contribution is 7.90.